The minimum atomic E-state index is -1.38. The molecule has 1 aliphatic carbocycles. The van der Waals surface area contributed by atoms with Crippen molar-refractivity contribution in [3.05, 3.63) is 57.8 Å². The molecule has 0 amide bonds. The first-order valence-electron chi connectivity index (χ1n) is 7.96. The van der Waals surface area contributed by atoms with Crippen molar-refractivity contribution < 1.29 is 24.0 Å². The standard InChI is InChI=1S/C18H16N2O6Se/c1-25-16(21)18(17(22)26-2)8-11-6-15(19-10-12(11)9-18)27-14-5-3-4-13(7-14)20(23)24/h3-7,10H,8-9H2,1-2H3. The first kappa shape index (κ1) is 19.0. The summed E-state index contributed by atoms with van der Waals surface area (Å²) < 4.78 is 11.2. The van der Waals surface area contributed by atoms with Crippen LogP contribution in [-0.4, -0.2) is 51.0 Å². The maximum atomic E-state index is 12.3. The molecule has 1 aromatic carbocycles. The van der Waals surface area contributed by atoms with Crippen LogP contribution in [0.2, 0.25) is 0 Å². The monoisotopic (exact) mass is 436 g/mol. The first-order valence-corrected chi connectivity index (χ1v) is 9.68. The molecular weight excluding hydrogens is 419 g/mol. The number of benzene rings is 1. The predicted octanol–water partition coefficient (Wildman–Crippen LogP) is 0.0758. The Morgan fingerprint density at radius 2 is 1.81 bits per heavy atom. The fraction of sp³-hybridized carbons (Fsp3) is 0.278. The molecule has 3 rings (SSSR count). The molecule has 0 fully saturated rings. The Kier molecular flexibility index (Phi) is 5.25. The summed E-state index contributed by atoms with van der Waals surface area (Å²) in [6.07, 6.45) is 2.01. The maximum absolute atomic E-state index is 12.3. The Hall–Kier alpha value is -2.77. The molecule has 140 valence electrons. The Balaban J connectivity index is 1.88. The summed E-state index contributed by atoms with van der Waals surface area (Å²) in [7, 11) is 2.48. The van der Waals surface area contributed by atoms with Gasteiger partial charge in [0.1, 0.15) is 0 Å². The quantitative estimate of drug-likeness (QED) is 0.215. The molecule has 0 N–H and O–H groups in total. The second kappa shape index (κ2) is 7.46. The van der Waals surface area contributed by atoms with Gasteiger partial charge >= 0.3 is 161 Å². The molecule has 0 spiro atoms. The third-order valence-corrected chi connectivity index (χ3v) is 6.38. The van der Waals surface area contributed by atoms with Gasteiger partial charge in [0, 0.05) is 0 Å². The van der Waals surface area contributed by atoms with E-state index in [2.05, 4.69) is 4.98 Å². The van der Waals surface area contributed by atoms with E-state index in [1.165, 1.54) is 26.4 Å². The van der Waals surface area contributed by atoms with Gasteiger partial charge in [0.05, 0.1) is 0 Å². The van der Waals surface area contributed by atoms with Crippen LogP contribution in [0.5, 0.6) is 0 Å². The topological polar surface area (TPSA) is 109 Å². The van der Waals surface area contributed by atoms with Crippen molar-refractivity contribution in [3.63, 3.8) is 0 Å². The van der Waals surface area contributed by atoms with Crippen molar-refractivity contribution in [2.45, 2.75) is 12.8 Å². The molecule has 1 heterocycles. The third-order valence-electron chi connectivity index (χ3n) is 4.45. The molecular formula is C18H16N2O6Se. The fourth-order valence-corrected chi connectivity index (χ4v) is 4.97. The third kappa shape index (κ3) is 3.56. The van der Waals surface area contributed by atoms with Gasteiger partial charge < -0.3 is 0 Å². The average molecular weight is 435 g/mol. The van der Waals surface area contributed by atoms with Crippen LogP contribution >= 0.6 is 0 Å². The number of ether oxygens (including phenoxy) is 2. The van der Waals surface area contributed by atoms with Crippen LogP contribution in [0, 0.1) is 15.5 Å². The van der Waals surface area contributed by atoms with E-state index < -0.39 is 22.3 Å². The molecule has 1 aliphatic rings. The number of fused-ring (bicyclic) bond motifs is 1. The normalized spacial score (nSPS) is 14.3. The predicted molar refractivity (Wildman–Crippen MR) is 96.2 cm³/mol. The van der Waals surface area contributed by atoms with E-state index >= 15 is 0 Å². The first-order chi connectivity index (χ1) is 12.9. The number of nitrogens with zero attached hydrogens (tertiary/aromatic N) is 2. The number of aromatic nitrogens is 1. The fourth-order valence-electron chi connectivity index (χ4n) is 3.14. The number of hydrogen-bond acceptors (Lipinski definition) is 7. The van der Waals surface area contributed by atoms with Crippen LogP contribution in [0.1, 0.15) is 11.1 Å². The minimum absolute atomic E-state index is 0.0333. The molecule has 27 heavy (non-hydrogen) atoms. The number of methoxy groups -OCH3 is 2. The van der Waals surface area contributed by atoms with Crippen molar-refractivity contribution in [1.29, 1.82) is 0 Å². The summed E-state index contributed by atoms with van der Waals surface area (Å²) in [6, 6.07) is 8.28. The number of nitro groups is 1. The molecule has 9 heteroatoms. The Bertz CT molecular complexity index is 914. The van der Waals surface area contributed by atoms with Gasteiger partial charge in [-0.25, -0.2) is 0 Å². The van der Waals surface area contributed by atoms with E-state index in [0.717, 1.165) is 20.2 Å². The number of carbonyl (C=O) groups is 2. The van der Waals surface area contributed by atoms with Gasteiger partial charge in [-0.05, 0) is 0 Å². The Labute approximate surface area is 161 Å². The van der Waals surface area contributed by atoms with E-state index in [1.54, 1.807) is 12.3 Å². The van der Waals surface area contributed by atoms with Crippen LogP contribution in [0.15, 0.2) is 36.5 Å². The molecule has 0 saturated carbocycles. The number of pyridine rings is 1. The van der Waals surface area contributed by atoms with Crippen LogP contribution in [0.3, 0.4) is 0 Å². The zero-order valence-corrected chi connectivity index (χ0v) is 16.3. The van der Waals surface area contributed by atoms with E-state index in [1.807, 2.05) is 12.1 Å². The van der Waals surface area contributed by atoms with Crippen LogP contribution in [0.25, 0.3) is 0 Å². The van der Waals surface area contributed by atoms with Crippen LogP contribution in [-0.2, 0) is 31.9 Å². The van der Waals surface area contributed by atoms with Gasteiger partial charge in [-0.3, -0.25) is 0 Å². The Morgan fingerprint density at radius 3 is 2.44 bits per heavy atom. The van der Waals surface area contributed by atoms with Gasteiger partial charge in [-0.1, -0.05) is 0 Å². The Morgan fingerprint density at radius 1 is 1.15 bits per heavy atom. The second-order valence-electron chi connectivity index (χ2n) is 6.07. The number of esters is 2. The summed E-state index contributed by atoms with van der Waals surface area (Å²) in [6.45, 7) is 0. The zero-order valence-electron chi connectivity index (χ0n) is 14.6. The van der Waals surface area contributed by atoms with Crippen molar-refractivity contribution in [2.24, 2.45) is 5.41 Å². The van der Waals surface area contributed by atoms with Gasteiger partial charge in [0.2, 0.25) is 0 Å². The molecule has 0 radical (unpaired) electrons. The van der Waals surface area contributed by atoms with E-state index in [9.17, 15) is 19.7 Å². The number of rotatable bonds is 5. The molecule has 0 atom stereocenters. The van der Waals surface area contributed by atoms with E-state index in [-0.39, 0.29) is 33.5 Å². The summed E-state index contributed by atoms with van der Waals surface area (Å²) in [5.74, 6) is -1.26. The van der Waals surface area contributed by atoms with Crippen molar-refractivity contribution >= 4 is 41.6 Å². The summed E-state index contributed by atoms with van der Waals surface area (Å²) in [5.41, 5.74) is 0.281. The molecule has 0 bridgehead atoms. The van der Waals surface area contributed by atoms with Crippen molar-refractivity contribution in [2.75, 3.05) is 14.2 Å². The van der Waals surface area contributed by atoms with Crippen molar-refractivity contribution in [1.82, 2.24) is 4.98 Å². The zero-order chi connectivity index (χ0) is 19.6. The molecule has 2 aromatic rings. The number of non-ortho nitro benzene ring substituents is 1. The summed E-state index contributed by atoms with van der Waals surface area (Å²) >= 11 is -0.247. The second-order valence-corrected chi connectivity index (χ2v) is 8.36. The molecule has 8 nitrogen and oxygen atoms in total. The van der Waals surface area contributed by atoms with Crippen molar-refractivity contribution in [3.8, 4) is 0 Å². The van der Waals surface area contributed by atoms with Gasteiger partial charge in [0.25, 0.3) is 0 Å². The SMILES string of the molecule is COC(=O)C1(C(=O)OC)Cc2cnc([Se]c3cccc([N+](=O)[O-])c3)cc2C1. The number of nitro benzene ring substituents is 1. The number of hydrogen-bond donors (Lipinski definition) is 0. The van der Waals surface area contributed by atoms with E-state index in [4.69, 9.17) is 9.47 Å². The summed E-state index contributed by atoms with van der Waals surface area (Å²) in [5, 5.41) is 10.9. The average Bonchev–Trinajstić information content (AvgIpc) is 3.06. The molecule has 0 unspecified atom stereocenters. The van der Waals surface area contributed by atoms with Crippen LogP contribution in [0.4, 0.5) is 5.69 Å². The van der Waals surface area contributed by atoms with Gasteiger partial charge in [-0.15, -0.1) is 0 Å². The van der Waals surface area contributed by atoms with Crippen LogP contribution < -0.4 is 9.05 Å². The number of carbonyl (C=O) groups excluding carboxylic acids is 2. The molecule has 0 aliphatic heterocycles. The van der Waals surface area contributed by atoms with E-state index in [0.29, 0.717) is 0 Å². The summed E-state index contributed by atoms with van der Waals surface area (Å²) in [4.78, 5) is 39.5. The molecule has 1 aromatic heterocycles. The molecule has 0 saturated heterocycles. The van der Waals surface area contributed by atoms with Gasteiger partial charge in [-0.2, -0.15) is 0 Å². The van der Waals surface area contributed by atoms with Gasteiger partial charge in [0.15, 0.2) is 0 Å².